The van der Waals surface area contributed by atoms with Gasteiger partial charge in [-0.15, -0.1) is 5.10 Å². The summed E-state index contributed by atoms with van der Waals surface area (Å²) in [5.41, 5.74) is 0.126. The number of aromatic nitrogens is 4. The van der Waals surface area contributed by atoms with Gasteiger partial charge >= 0.3 is 0 Å². The van der Waals surface area contributed by atoms with Crippen LogP contribution in [-0.2, 0) is 0 Å². The molecule has 1 atom stereocenters. The van der Waals surface area contributed by atoms with Crippen molar-refractivity contribution in [3.63, 3.8) is 0 Å². The lowest BCUT2D eigenvalue weighted by molar-refractivity contribution is 0.392. The first-order valence-corrected chi connectivity index (χ1v) is 8.81. The molecule has 0 saturated carbocycles. The normalized spacial score (nSPS) is 17.6. The number of rotatable bonds is 4. The largest absolute Gasteiger partial charge is 0.367 e. The average molecular weight is 379 g/mol. The number of piperidine rings is 1. The first-order valence-electron chi connectivity index (χ1n) is 8.43. The summed E-state index contributed by atoms with van der Waals surface area (Å²) < 4.78 is 29.7. The molecule has 2 aromatic heterocycles. The first-order chi connectivity index (χ1) is 12.6. The van der Waals surface area contributed by atoms with Crippen molar-refractivity contribution in [3.05, 3.63) is 41.2 Å². The fourth-order valence-electron chi connectivity index (χ4n) is 3.13. The molecule has 1 aliphatic heterocycles. The monoisotopic (exact) mass is 378 g/mol. The third-order valence-electron chi connectivity index (χ3n) is 4.46. The maximum atomic E-state index is 14.2. The van der Waals surface area contributed by atoms with Crippen LogP contribution < -0.4 is 10.6 Å². The quantitative estimate of drug-likeness (QED) is 0.730. The van der Waals surface area contributed by atoms with E-state index >= 15 is 0 Å². The van der Waals surface area contributed by atoms with E-state index < -0.39 is 11.6 Å². The van der Waals surface area contributed by atoms with Gasteiger partial charge in [-0.3, -0.25) is 0 Å². The Kier molecular flexibility index (Phi) is 4.69. The summed E-state index contributed by atoms with van der Waals surface area (Å²) in [5, 5.41) is 11.0. The highest BCUT2D eigenvalue weighted by Crippen LogP contribution is 2.26. The van der Waals surface area contributed by atoms with Gasteiger partial charge in [0.2, 0.25) is 0 Å². The van der Waals surface area contributed by atoms with Crippen LogP contribution >= 0.6 is 11.6 Å². The van der Waals surface area contributed by atoms with Crippen molar-refractivity contribution in [1.29, 1.82) is 0 Å². The molecule has 1 fully saturated rings. The zero-order chi connectivity index (χ0) is 18.1. The van der Waals surface area contributed by atoms with Crippen molar-refractivity contribution < 1.29 is 8.78 Å². The van der Waals surface area contributed by atoms with Crippen LogP contribution in [0.15, 0.2) is 24.4 Å². The number of anilines is 1. The highest BCUT2D eigenvalue weighted by atomic mass is 35.5. The third kappa shape index (κ3) is 3.22. The molecule has 0 bridgehead atoms. The molecular weight excluding hydrogens is 362 g/mol. The highest BCUT2D eigenvalue weighted by molar-refractivity contribution is 6.29. The smallest absolute Gasteiger partial charge is 0.198 e. The molecule has 3 aromatic rings. The van der Waals surface area contributed by atoms with Crippen LogP contribution in [0.5, 0.6) is 0 Å². The number of nitrogens with one attached hydrogen (secondary N) is 2. The lowest BCUT2D eigenvalue weighted by Gasteiger charge is -2.23. The number of fused-ring (bicyclic) bond motifs is 1. The second-order valence-electron chi connectivity index (χ2n) is 6.29. The minimum atomic E-state index is -0.733. The minimum Gasteiger partial charge on any atom is -0.367 e. The molecule has 26 heavy (non-hydrogen) atoms. The fourth-order valence-corrected chi connectivity index (χ4v) is 3.30. The maximum absolute atomic E-state index is 14.2. The third-order valence-corrected chi connectivity index (χ3v) is 4.72. The van der Waals surface area contributed by atoms with E-state index in [9.17, 15) is 8.78 Å². The number of imidazole rings is 1. The van der Waals surface area contributed by atoms with Crippen LogP contribution in [0.4, 0.5) is 14.6 Å². The molecule has 136 valence electrons. The van der Waals surface area contributed by atoms with Crippen molar-refractivity contribution in [3.8, 4) is 11.4 Å². The van der Waals surface area contributed by atoms with Gasteiger partial charge in [-0.1, -0.05) is 17.7 Å². The van der Waals surface area contributed by atoms with Gasteiger partial charge < -0.3 is 10.6 Å². The van der Waals surface area contributed by atoms with Gasteiger partial charge in [0.05, 0.1) is 11.8 Å². The Morgan fingerprint density at radius 3 is 2.85 bits per heavy atom. The minimum absolute atomic E-state index is 0.0859. The first kappa shape index (κ1) is 17.1. The molecule has 4 rings (SSSR count). The Bertz CT molecular complexity index is 918. The Morgan fingerprint density at radius 1 is 1.31 bits per heavy atom. The summed E-state index contributed by atoms with van der Waals surface area (Å²) in [5.74, 6) is -0.712. The number of hydrogen-bond acceptors (Lipinski definition) is 5. The number of nitrogens with zero attached hydrogens (tertiary/aromatic N) is 4. The van der Waals surface area contributed by atoms with Crippen molar-refractivity contribution in [2.75, 3.05) is 25.0 Å². The predicted molar refractivity (Wildman–Crippen MR) is 95.2 cm³/mol. The fraction of sp³-hybridized carbons (Fsp3) is 0.353. The molecule has 3 heterocycles. The molecular formula is C17H17ClF2N6. The predicted octanol–water partition coefficient (Wildman–Crippen LogP) is 3.13. The van der Waals surface area contributed by atoms with Crippen LogP contribution in [0, 0.1) is 17.6 Å². The Balaban J connectivity index is 1.74. The standard InChI is InChI=1S/C17H17ClF2N6/c18-13-9-23-17-16(22-8-10-3-2-6-21-7-10)24-15(25-26(13)17)14-11(19)4-1-5-12(14)20/h1,4-5,9-10,21H,2-3,6-8H2,(H,22,24,25). The molecule has 1 saturated heterocycles. The summed E-state index contributed by atoms with van der Waals surface area (Å²) in [6, 6.07) is 3.64. The Morgan fingerprint density at radius 2 is 2.12 bits per heavy atom. The molecule has 0 amide bonds. The van der Waals surface area contributed by atoms with Gasteiger partial charge in [-0.2, -0.15) is 4.52 Å². The van der Waals surface area contributed by atoms with Gasteiger partial charge in [0.25, 0.3) is 0 Å². The van der Waals surface area contributed by atoms with Gasteiger partial charge in [0.15, 0.2) is 22.4 Å². The van der Waals surface area contributed by atoms with Crippen LogP contribution in [-0.4, -0.2) is 39.2 Å². The highest BCUT2D eigenvalue weighted by Gasteiger charge is 2.20. The number of halogens is 3. The van der Waals surface area contributed by atoms with Crippen LogP contribution in [0.25, 0.3) is 17.0 Å². The summed E-state index contributed by atoms with van der Waals surface area (Å²) in [7, 11) is 0. The molecule has 6 nitrogen and oxygen atoms in total. The zero-order valence-corrected chi connectivity index (χ0v) is 14.6. The van der Waals surface area contributed by atoms with E-state index in [4.69, 9.17) is 11.6 Å². The van der Waals surface area contributed by atoms with Gasteiger partial charge in [-0.05, 0) is 44.0 Å². The van der Waals surface area contributed by atoms with E-state index in [0.29, 0.717) is 23.9 Å². The van der Waals surface area contributed by atoms with E-state index in [1.807, 2.05) is 0 Å². The lowest BCUT2D eigenvalue weighted by atomic mass is 10.00. The van der Waals surface area contributed by atoms with Gasteiger partial charge in [0, 0.05) is 6.54 Å². The van der Waals surface area contributed by atoms with Gasteiger partial charge in [-0.25, -0.2) is 18.7 Å². The molecule has 1 aromatic carbocycles. The number of benzene rings is 1. The summed E-state index contributed by atoms with van der Waals surface area (Å²) in [4.78, 5) is 8.53. The lowest BCUT2D eigenvalue weighted by Crippen LogP contribution is -2.33. The maximum Gasteiger partial charge on any atom is 0.198 e. The molecule has 0 radical (unpaired) electrons. The summed E-state index contributed by atoms with van der Waals surface area (Å²) in [6.45, 7) is 2.61. The molecule has 9 heteroatoms. The molecule has 1 unspecified atom stereocenters. The van der Waals surface area contributed by atoms with E-state index in [2.05, 4.69) is 25.7 Å². The SMILES string of the molecule is Fc1cccc(F)c1-c1nc(NCC2CCCNC2)c2ncc(Cl)n2n1. The van der Waals surface area contributed by atoms with Crippen molar-refractivity contribution in [1.82, 2.24) is 24.9 Å². The Hall–Kier alpha value is -2.32. The number of hydrogen-bond donors (Lipinski definition) is 2. The van der Waals surface area contributed by atoms with Crippen LogP contribution in [0.1, 0.15) is 12.8 Å². The Labute approximate surface area is 153 Å². The second-order valence-corrected chi connectivity index (χ2v) is 6.68. The van der Waals surface area contributed by atoms with E-state index in [1.165, 1.54) is 28.9 Å². The zero-order valence-electron chi connectivity index (χ0n) is 13.8. The average Bonchev–Trinajstić information content (AvgIpc) is 3.02. The van der Waals surface area contributed by atoms with Gasteiger partial charge in [0.1, 0.15) is 11.6 Å². The molecule has 2 N–H and O–H groups in total. The van der Waals surface area contributed by atoms with Crippen LogP contribution in [0.3, 0.4) is 0 Å². The van der Waals surface area contributed by atoms with Crippen molar-refractivity contribution >= 4 is 23.1 Å². The topological polar surface area (TPSA) is 67.1 Å². The van der Waals surface area contributed by atoms with Crippen LogP contribution in [0.2, 0.25) is 5.15 Å². The molecule has 1 aliphatic rings. The molecule has 0 spiro atoms. The van der Waals surface area contributed by atoms with Crippen molar-refractivity contribution in [2.45, 2.75) is 12.8 Å². The van der Waals surface area contributed by atoms with Crippen molar-refractivity contribution in [2.24, 2.45) is 5.92 Å². The summed E-state index contributed by atoms with van der Waals surface area (Å²) in [6.07, 6.45) is 3.65. The summed E-state index contributed by atoms with van der Waals surface area (Å²) >= 11 is 6.12. The van der Waals surface area contributed by atoms with E-state index in [1.54, 1.807) is 0 Å². The molecule has 0 aliphatic carbocycles. The second kappa shape index (κ2) is 7.13. The van der Waals surface area contributed by atoms with E-state index in [0.717, 1.165) is 25.9 Å². The van der Waals surface area contributed by atoms with E-state index in [-0.39, 0.29) is 16.5 Å².